The average molecular weight is 266 g/mol. The molecule has 1 saturated heterocycles. The first-order chi connectivity index (χ1) is 9.13. The van der Waals surface area contributed by atoms with Gasteiger partial charge in [-0.1, -0.05) is 19.0 Å². The maximum atomic E-state index is 5.02. The Kier molecular flexibility index (Phi) is 5.34. The van der Waals surface area contributed by atoms with Crippen LogP contribution < -0.4 is 5.32 Å². The summed E-state index contributed by atoms with van der Waals surface area (Å²) in [5.74, 6) is 2.94. The molecule has 0 aliphatic carbocycles. The number of aromatic nitrogens is 2. The van der Waals surface area contributed by atoms with Gasteiger partial charge in [0.1, 0.15) is 0 Å². The molecule has 5 nitrogen and oxygen atoms in total. The lowest BCUT2D eigenvalue weighted by atomic mass is 9.98. The zero-order valence-electron chi connectivity index (χ0n) is 12.4. The standard InChI is InChI=1S/C14H26N4O/c1-11(2)7-15-8-13-5-4-6-18(9-13)10-14-16-12(3)19-17-14/h11,13,15H,4-10H2,1-3H3. The summed E-state index contributed by atoms with van der Waals surface area (Å²) >= 11 is 0. The van der Waals surface area contributed by atoms with Crippen molar-refractivity contribution in [2.45, 2.75) is 40.2 Å². The molecule has 1 N–H and O–H groups in total. The van der Waals surface area contributed by atoms with Gasteiger partial charge < -0.3 is 9.84 Å². The van der Waals surface area contributed by atoms with Crippen molar-refractivity contribution < 1.29 is 4.52 Å². The summed E-state index contributed by atoms with van der Waals surface area (Å²) in [6, 6.07) is 0. The Bertz CT molecular complexity index is 377. The minimum Gasteiger partial charge on any atom is -0.340 e. The van der Waals surface area contributed by atoms with E-state index in [1.165, 1.54) is 12.8 Å². The fourth-order valence-electron chi connectivity index (χ4n) is 2.64. The van der Waals surface area contributed by atoms with Crippen LogP contribution in [0.15, 0.2) is 4.52 Å². The van der Waals surface area contributed by atoms with Crippen molar-refractivity contribution in [2.75, 3.05) is 26.2 Å². The number of piperidine rings is 1. The second kappa shape index (κ2) is 7.01. The fourth-order valence-corrected chi connectivity index (χ4v) is 2.64. The van der Waals surface area contributed by atoms with Crippen molar-refractivity contribution >= 4 is 0 Å². The summed E-state index contributed by atoms with van der Waals surface area (Å²) in [5.41, 5.74) is 0. The van der Waals surface area contributed by atoms with E-state index in [0.717, 1.165) is 50.4 Å². The van der Waals surface area contributed by atoms with Crippen molar-refractivity contribution in [1.29, 1.82) is 0 Å². The molecule has 0 aromatic carbocycles. The van der Waals surface area contributed by atoms with Crippen LogP contribution >= 0.6 is 0 Å². The lowest BCUT2D eigenvalue weighted by Crippen LogP contribution is -2.40. The second-order valence-corrected chi connectivity index (χ2v) is 6.03. The van der Waals surface area contributed by atoms with Gasteiger partial charge in [-0.2, -0.15) is 4.98 Å². The minimum atomic E-state index is 0.655. The smallest absolute Gasteiger partial charge is 0.223 e. The van der Waals surface area contributed by atoms with Crippen LogP contribution in [0.2, 0.25) is 0 Å². The molecule has 0 radical (unpaired) electrons. The molecule has 1 atom stereocenters. The third-order valence-electron chi connectivity index (χ3n) is 3.52. The highest BCUT2D eigenvalue weighted by Gasteiger charge is 2.21. The first-order valence-corrected chi connectivity index (χ1v) is 7.35. The summed E-state index contributed by atoms with van der Waals surface area (Å²) in [6.45, 7) is 11.7. The molecular formula is C14H26N4O. The molecule has 19 heavy (non-hydrogen) atoms. The van der Waals surface area contributed by atoms with Gasteiger partial charge >= 0.3 is 0 Å². The minimum absolute atomic E-state index is 0.655. The molecule has 1 aromatic heterocycles. The SMILES string of the molecule is Cc1nc(CN2CCCC(CNCC(C)C)C2)no1. The maximum Gasteiger partial charge on any atom is 0.223 e. The van der Waals surface area contributed by atoms with Crippen LogP contribution in [0.1, 0.15) is 38.4 Å². The Labute approximate surface area is 115 Å². The number of hydrogen-bond donors (Lipinski definition) is 1. The van der Waals surface area contributed by atoms with E-state index in [2.05, 4.69) is 34.2 Å². The van der Waals surface area contributed by atoms with Crippen LogP contribution in [0.4, 0.5) is 0 Å². The van der Waals surface area contributed by atoms with Gasteiger partial charge in [0.2, 0.25) is 5.89 Å². The predicted octanol–water partition coefficient (Wildman–Crippen LogP) is 1.84. The first kappa shape index (κ1) is 14.5. The highest BCUT2D eigenvalue weighted by atomic mass is 16.5. The third kappa shape index (κ3) is 4.91. The van der Waals surface area contributed by atoms with Crippen LogP contribution in [0.5, 0.6) is 0 Å². The molecule has 5 heteroatoms. The largest absolute Gasteiger partial charge is 0.340 e. The molecule has 1 aliphatic rings. The van der Waals surface area contributed by atoms with Gasteiger partial charge in [0, 0.05) is 13.5 Å². The van der Waals surface area contributed by atoms with Crippen LogP contribution in [-0.2, 0) is 6.54 Å². The van der Waals surface area contributed by atoms with E-state index < -0.39 is 0 Å². The Balaban J connectivity index is 1.74. The molecule has 0 spiro atoms. The number of rotatable bonds is 6. The van der Waals surface area contributed by atoms with Gasteiger partial charge in [-0.25, -0.2) is 0 Å². The average Bonchev–Trinajstić information content (AvgIpc) is 2.75. The van der Waals surface area contributed by atoms with Crippen molar-refractivity contribution in [3.05, 3.63) is 11.7 Å². The Morgan fingerprint density at radius 1 is 1.47 bits per heavy atom. The van der Waals surface area contributed by atoms with Gasteiger partial charge in [-0.15, -0.1) is 0 Å². The normalized spacial score (nSPS) is 21.2. The molecule has 1 unspecified atom stereocenters. The van der Waals surface area contributed by atoms with E-state index in [-0.39, 0.29) is 0 Å². The number of hydrogen-bond acceptors (Lipinski definition) is 5. The monoisotopic (exact) mass is 266 g/mol. The first-order valence-electron chi connectivity index (χ1n) is 7.35. The van der Waals surface area contributed by atoms with Gasteiger partial charge in [0.05, 0.1) is 6.54 Å². The lowest BCUT2D eigenvalue weighted by Gasteiger charge is -2.32. The molecule has 0 bridgehead atoms. The summed E-state index contributed by atoms with van der Waals surface area (Å²) in [4.78, 5) is 6.72. The van der Waals surface area contributed by atoms with Crippen molar-refractivity contribution in [2.24, 2.45) is 11.8 Å². The van der Waals surface area contributed by atoms with Gasteiger partial charge in [0.25, 0.3) is 0 Å². The van der Waals surface area contributed by atoms with Gasteiger partial charge in [0.15, 0.2) is 5.82 Å². The third-order valence-corrected chi connectivity index (χ3v) is 3.52. The molecule has 108 valence electrons. The van der Waals surface area contributed by atoms with E-state index in [1.54, 1.807) is 0 Å². The van der Waals surface area contributed by atoms with Crippen LogP contribution in [-0.4, -0.2) is 41.2 Å². The van der Waals surface area contributed by atoms with Crippen LogP contribution in [0, 0.1) is 18.8 Å². The lowest BCUT2D eigenvalue weighted by molar-refractivity contribution is 0.160. The van der Waals surface area contributed by atoms with E-state index >= 15 is 0 Å². The summed E-state index contributed by atoms with van der Waals surface area (Å²) in [7, 11) is 0. The number of nitrogens with zero attached hydrogens (tertiary/aromatic N) is 3. The van der Waals surface area contributed by atoms with Gasteiger partial charge in [-0.3, -0.25) is 4.90 Å². The van der Waals surface area contributed by atoms with Gasteiger partial charge in [-0.05, 0) is 44.3 Å². The Hall–Kier alpha value is -0.940. The van der Waals surface area contributed by atoms with E-state index in [1.807, 2.05) is 6.92 Å². The van der Waals surface area contributed by atoms with Crippen LogP contribution in [0.3, 0.4) is 0 Å². The predicted molar refractivity (Wildman–Crippen MR) is 74.7 cm³/mol. The fraction of sp³-hybridized carbons (Fsp3) is 0.857. The van der Waals surface area contributed by atoms with Crippen molar-refractivity contribution in [1.82, 2.24) is 20.4 Å². The number of nitrogens with one attached hydrogen (secondary N) is 1. The molecule has 1 aromatic rings. The zero-order valence-corrected chi connectivity index (χ0v) is 12.4. The Morgan fingerprint density at radius 2 is 2.32 bits per heavy atom. The number of aryl methyl sites for hydroxylation is 1. The Morgan fingerprint density at radius 3 is 3.00 bits per heavy atom. The molecule has 1 fully saturated rings. The van der Waals surface area contributed by atoms with Crippen LogP contribution in [0.25, 0.3) is 0 Å². The van der Waals surface area contributed by atoms with E-state index in [9.17, 15) is 0 Å². The van der Waals surface area contributed by atoms with E-state index in [0.29, 0.717) is 5.89 Å². The van der Waals surface area contributed by atoms with Crippen molar-refractivity contribution in [3.63, 3.8) is 0 Å². The molecular weight excluding hydrogens is 240 g/mol. The zero-order chi connectivity index (χ0) is 13.7. The topological polar surface area (TPSA) is 54.2 Å². The van der Waals surface area contributed by atoms with E-state index in [4.69, 9.17) is 4.52 Å². The highest BCUT2D eigenvalue weighted by molar-refractivity contribution is 4.86. The second-order valence-electron chi connectivity index (χ2n) is 6.03. The van der Waals surface area contributed by atoms with Crippen molar-refractivity contribution in [3.8, 4) is 0 Å². The summed E-state index contributed by atoms with van der Waals surface area (Å²) < 4.78 is 5.02. The molecule has 0 saturated carbocycles. The summed E-state index contributed by atoms with van der Waals surface area (Å²) in [6.07, 6.45) is 2.59. The quantitative estimate of drug-likeness (QED) is 0.851. The maximum absolute atomic E-state index is 5.02. The molecule has 2 rings (SSSR count). The molecule has 2 heterocycles. The highest BCUT2D eigenvalue weighted by Crippen LogP contribution is 2.17. The molecule has 0 amide bonds. The molecule has 1 aliphatic heterocycles. The summed E-state index contributed by atoms with van der Waals surface area (Å²) in [5, 5.41) is 7.54. The number of likely N-dealkylation sites (tertiary alicyclic amines) is 1.